The summed E-state index contributed by atoms with van der Waals surface area (Å²) in [5, 5.41) is 25.1. The van der Waals surface area contributed by atoms with Crippen molar-refractivity contribution in [3.63, 3.8) is 0 Å². The summed E-state index contributed by atoms with van der Waals surface area (Å²) in [6.45, 7) is 0. The van der Waals surface area contributed by atoms with Crippen LogP contribution in [0.2, 0.25) is 0 Å². The van der Waals surface area contributed by atoms with Crippen molar-refractivity contribution < 1.29 is 0 Å². The van der Waals surface area contributed by atoms with Crippen molar-refractivity contribution in [2.75, 3.05) is 11.5 Å². The van der Waals surface area contributed by atoms with Crippen LogP contribution in [-0.4, -0.2) is 19.6 Å². The number of nitrogens with zero attached hydrogens (tertiary/aromatic N) is 4. The Morgan fingerprint density at radius 2 is 1.00 bits per heavy atom. The van der Waals surface area contributed by atoms with Gasteiger partial charge in [-0.15, -0.1) is 0 Å². The maximum atomic E-state index is 13.6. The van der Waals surface area contributed by atoms with E-state index in [-0.39, 0.29) is 44.6 Å². The number of benzene rings is 3. The minimum atomic E-state index is -0.662. The van der Waals surface area contributed by atoms with Crippen LogP contribution in [0.15, 0.2) is 70.3 Å². The predicted octanol–water partition coefficient (Wildman–Crippen LogP) is 2.42. The summed E-state index contributed by atoms with van der Waals surface area (Å²) in [7, 11) is 0. The summed E-state index contributed by atoms with van der Waals surface area (Å²) < 4.78 is 2.69. The first-order valence-electron chi connectivity index (χ1n) is 10.1. The number of aromatic amines is 2. The molecular weight excluding hydrogens is 432 g/mol. The number of nitrogen functional groups attached to an aromatic ring is 2. The summed E-state index contributed by atoms with van der Waals surface area (Å²) in [6, 6.07) is 21.4. The second-order valence-corrected chi connectivity index (χ2v) is 7.47. The van der Waals surface area contributed by atoms with Crippen LogP contribution in [-0.2, 0) is 0 Å². The van der Waals surface area contributed by atoms with Gasteiger partial charge in [-0.1, -0.05) is 36.4 Å². The molecule has 10 nitrogen and oxygen atoms in total. The lowest BCUT2D eigenvalue weighted by molar-refractivity contribution is 0.871. The second-order valence-electron chi connectivity index (χ2n) is 7.47. The van der Waals surface area contributed by atoms with Gasteiger partial charge in [0, 0.05) is 0 Å². The molecule has 0 aliphatic rings. The average molecular weight is 448 g/mol. The Hall–Kier alpha value is -5.48. The van der Waals surface area contributed by atoms with Crippen LogP contribution in [0.25, 0.3) is 33.2 Å². The first-order valence-corrected chi connectivity index (χ1v) is 10.1. The van der Waals surface area contributed by atoms with Gasteiger partial charge in [0.05, 0.1) is 22.1 Å². The van der Waals surface area contributed by atoms with Gasteiger partial charge in [0.15, 0.2) is 0 Å². The Balaban J connectivity index is 2.01. The molecule has 3 aromatic carbocycles. The number of para-hydroxylation sites is 2. The smallest absolute Gasteiger partial charge is 0.215 e. The Labute approximate surface area is 191 Å². The van der Waals surface area contributed by atoms with Crippen LogP contribution in [0.3, 0.4) is 0 Å². The predicted molar refractivity (Wildman–Crippen MR) is 128 cm³/mol. The van der Waals surface area contributed by atoms with Gasteiger partial charge in [-0.25, -0.2) is 9.36 Å². The van der Waals surface area contributed by atoms with E-state index >= 15 is 0 Å². The van der Waals surface area contributed by atoms with E-state index in [9.17, 15) is 20.1 Å². The van der Waals surface area contributed by atoms with Gasteiger partial charge in [-0.2, -0.15) is 10.5 Å². The molecule has 2 aromatic heterocycles. The molecule has 5 aromatic rings. The highest BCUT2D eigenvalue weighted by atomic mass is 16.1. The SMILES string of the molecule is N#Cc1c(N)n(-c2ccccc2)[nH]c2c(=O)c3c(C#N)c(N)n(-c4ccccc4)[nH]c3c(=O)c12. The van der Waals surface area contributed by atoms with Crippen LogP contribution < -0.4 is 22.3 Å². The second kappa shape index (κ2) is 7.58. The fourth-order valence-corrected chi connectivity index (χ4v) is 4.01. The lowest BCUT2D eigenvalue weighted by Crippen LogP contribution is -2.24. The molecule has 164 valence electrons. The number of nitrogens with one attached hydrogen (secondary N) is 2. The van der Waals surface area contributed by atoms with E-state index in [1.165, 1.54) is 9.36 Å². The number of fused-ring (bicyclic) bond motifs is 2. The molecule has 0 unspecified atom stereocenters. The topological polar surface area (TPSA) is 175 Å². The van der Waals surface area contributed by atoms with Gasteiger partial charge >= 0.3 is 0 Å². The molecule has 0 bridgehead atoms. The van der Waals surface area contributed by atoms with E-state index < -0.39 is 10.9 Å². The number of anilines is 2. The number of hydrogen-bond acceptors (Lipinski definition) is 6. The fraction of sp³-hybridized carbons (Fsp3) is 0. The summed E-state index contributed by atoms with van der Waals surface area (Å²) >= 11 is 0. The zero-order valence-electron chi connectivity index (χ0n) is 17.5. The summed E-state index contributed by atoms with van der Waals surface area (Å²) in [5.74, 6) is -0.0760. The molecule has 0 fully saturated rings. The molecule has 10 heteroatoms. The maximum absolute atomic E-state index is 13.6. The molecule has 34 heavy (non-hydrogen) atoms. The molecule has 0 saturated carbocycles. The van der Waals surface area contributed by atoms with E-state index in [0.717, 1.165) is 0 Å². The normalized spacial score (nSPS) is 10.8. The quantitative estimate of drug-likeness (QED) is 0.301. The Morgan fingerprint density at radius 3 is 1.32 bits per heavy atom. The third-order valence-electron chi connectivity index (χ3n) is 5.60. The highest BCUT2D eigenvalue weighted by Crippen LogP contribution is 2.25. The summed E-state index contributed by atoms with van der Waals surface area (Å²) in [5.41, 5.74) is 11.6. The van der Waals surface area contributed by atoms with Gasteiger partial charge in [0.2, 0.25) is 10.9 Å². The minimum Gasteiger partial charge on any atom is -0.383 e. The number of rotatable bonds is 2. The number of aromatic nitrogens is 4. The first kappa shape index (κ1) is 20.4. The summed E-state index contributed by atoms with van der Waals surface area (Å²) in [4.78, 5) is 27.2. The third kappa shape index (κ3) is 2.80. The van der Waals surface area contributed by atoms with Crippen LogP contribution in [0.4, 0.5) is 11.6 Å². The zero-order chi connectivity index (χ0) is 24.0. The molecule has 6 N–H and O–H groups in total. The zero-order valence-corrected chi connectivity index (χ0v) is 17.5. The highest BCUT2D eigenvalue weighted by Gasteiger charge is 2.23. The maximum Gasteiger partial charge on any atom is 0.215 e. The third-order valence-corrected chi connectivity index (χ3v) is 5.60. The van der Waals surface area contributed by atoms with Crippen molar-refractivity contribution >= 4 is 33.4 Å². The van der Waals surface area contributed by atoms with Crippen LogP contribution in [0.1, 0.15) is 11.1 Å². The van der Waals surface area contributed by atoms with Gasteiger partial charge in [-0.3, -0.25) is 19.8 Å². The number of hydrogen-bond donors (Lipinski definition) is 4. The van der Waals surface area contributed by atoms with E-state index in [4.69, 9.17) is 11.5 Å². The molecule has 0 aliphatic heterocycles. The van der Waals surface area contributed by atoms with Gasteiger partial charge in [-0.05, 0) is 24.3 Å². The van der Waals surface area contributed by atoms with Crippen molar-refractivity contribution in [1.82, 2.24) is 19.6 Å². The van der Waals surface area contributed by atoms with Crippen LogP contribution >= 0.6 is 0 Å². The van der Waals surface area contributed by atoms with E-state index in [2.05, 4.69) is 10.2 Å². The largest absolute Gasteiger partial charge is 0.383 e. The molecule has 0 saturated heterocycles. The van der Waals surface area contributed by atoms with Gasteiger partial charge in [0.1, 0.15) is 45.9 Å². The Bertz CT molecular complexity index is 1690. The fourth-order valence-electron chi connectivity index (χ4n) is 4.01. The number of nitrogens with two attached hydrogens (primary N) is 2. The van der Waals surface area contributed by atoms with E-state index in [1.54, 1.807) is 60.7 Å². The molecule has 2 heterocycles. The molecule has 0 aliphatic carbocycles. The van der Waals surface area contributed by atoms with Crippen LogP contribution in [0, 0.1) is 22.7 Å². The molecule has 0 amide bonds. The van der Waals surface area contributed by atoms with Gasteiger partial charge < -0.3 is 11.5 Å². The van der Waals surface area contributed by atoms with E-state index in [0.29, 0.717) is 11.4 Å². The number of nitriles is 2. The average Bonchev–Trinajstić information content (AvgIpc) is 2.87. The lowest BCUT2D eigenvalue weighted by atomic mass is 10.0. The van der Waals surface area contributed by atoms with Crippen molar-refractivity contribution in [1.29, 1.82) is 10.5 Å². The van der Waals surface area contributed by atoms with Crippen LogP contribution in [0.5, 0.6) is 0 Å². The minimum absolute atomic E-state index is 0.0380. The lowest BCUT2D eigenvalue weighted by Gasteiger charge is -2.17. The molecular formula is C24H16N8O2. The molecule has 0 spiro atoms. The molecule has 0 radical (unpaired) electrons. The highest BCUT2D eigenvalue weighted by molar-refractivity contribution is 6.01. The van der Waals surface area contributed by atoms with E-state index in [1.807, 2.05) is 12.1 Å². The standard InChI is InChI=1S/C24H16N8O2/c25-11-15-17-19(29-31(23(15)27)13-7-3-1-4-8-13)21(33)18-16(12-26)24(28)32(30-20(18)22(17)34)14-9-5-2-6-10-14/h1-10,29-30H,27-28H2. The Kier molecular flexibility index (Phi) is 4.56. The first-order chi connectivity index (χ1) is 16.5. The summed E-state index contributed by atoms with van der Waals surface area (Å²) in [6.07, 6.45) is 0. The van der Waals surface area contributed by atoms with Gasteiger partial charge in [0.25, 0.3) is 0 Å². The molecule has 0 atom stereocenters. The number of H-pyrrole nitrogens is 2. The molecule has 5 rings (SSSR count). The van der Waals surface area contributed by atoms with Crippen molar-refractivity contribution in [2.45, 2.75) is 0 Å². The van der Waals surface area contributed by atoms with Crippen molar-refractivity contribution in [3.8, 4) is 23.5 Å². The monoisotopic (exact) mass is 448 g/mol. The van der Waals surface area contributed by atoms with Crippen molar-refractivity contribution in [3.05, 3.63) is 92.2 Å². The Morgan fingerprint density at radius 1 is 0.647 bits per heavy atom. The van der Waals surface area contributed by atoms with Crippen molar-refractivity contribution in [2.24, 2.45) is 0 Å².